The molecule has 2 amide bonds. The van der Waals surface area contributed by atoms with Gasteiger partial charge in [0.2, 0.25) is 18.1 Å². The molecule has 0 spiro atoms. The second kappa shape index (κ2) is 13.0. The molecule has 1 heterocycles. The zero-order valence-corrected chi connectivity index (χ0v) is 18.0. The van der Waals surface area contributed by atoms with Crippen molar-refractivity contribution in [1.29, 1.82) is 0 Å². The lowest BCUT2D eigenvalue weighted by atomic mass is 10.0. The van der Waals surface area contributed by atoms with E-state index in [1.807, 2.05) is 19.9 Å². The second-order valence-electron chi connectivity index (χ2n) is 7.24. The van der Waals surface area contributed by atoms with Crippen molar-refractivity contribution in [3.05, 3.63) is 35.9 Å². The SMILES string of the molecule is C=C(C)C1CC(O)CC(Oc2ccc(CCC(N)=O)cc2NC(=O)CCC)O1.CO. The molecule has 8 heteroatoms. The van der Waals surface area contributed by atoms with Crippen molar-refractivity contribution in [2.45, 2.75) is 70.9 Å². The largest absolute Gasteiger partial charge is 0.463 e. The molecule has 0 aliphatic carbocycles. The minimum atomic E-state index is -0.649. The first-order valence-electron chi connectivity index (χ1n) is 10.1. The Morgan fingerprint density at radius 1 is 1.30 bits per heavy atom. The fraction of sp³-hybridized carbons (Fsp3) is 0.545. The van der Waals surface area contributed by atoms with Crippen LogP contribution in [0.3, 0.4) is 0 Å². The van der Waals surface area contributed by atoms with E-state index in [2.05, 4.69) is 11.9 Å². The van der Waals surface area contributed by atoms with Gasteiger partial charge in [0, 0.05) is 32.8 Å². The molecule has 1 saturated heterocycles. The van der Waals surface area contributed by atoms with Gasteiger partial charge in [-0.25, -0.2) is 0 Å². The molecule has 1 aromatic carbocycles. The van der Waals surface area contributed by atoms with Crippen LogP contribution in [0.1, 0.15) is 51.5 Å². The predicted octanol–water partition coefficient (Wildman–Crippen LogP) is 2.27. The number of rotatable bonds is 9. The van der Waals surface area contributed by atoms with E-state index in [9.17, 15) is 14.7 Å². The van der Waals surface area contributed by atoms with Crippen molar-refractivity contribution < 1.29 is 29.3 Å². The van der Waals surface area contributed by atoms with E-state index in [0.717, 1.165) is 24.7 Å². The van der Waals surface area contributed by atoms with Crippen LogP contribution in [-0.2, 0) is 20.7 Å². The maximum absolute atomic E-state index is 12.1. The van der Waals surface area contributed by atoms with E-state index in [1.54, 1.807) is 12.1 Å². The molecular formula is C22H34N2O6. The van der Waals surface area contributed by atoms with Crippen molar-refractivity contribution in [3.63, 3.8) is 0 Å². The van der Waals surface area contributed by atoms with Crippen LogP contribution in [-0.4, -0.2) is 47.6 Å². The fourth-order valence-corrected chi connectivity index (χ4v) is 3.04. The Bertz CT molecular complexity index is 722. The Balaban J connectivity index is 0.00000218. The van der Waals surface area contributed by atoms with Gasteiger partial charge < -0.3 is 30.7 Å². The van der Waals surface area contributed by atoms with Gasteiger partial charge in [0.1, 0.15) is 5.75 Å². The summed E-state index contributed by atoms with van der Waals surface area (Å²) in [4.78, 5) is 23.2. The van der Waals surface area contributed by atoms with E-state index in [1.165, 1.54) is 0 Å². The lowest BCUT2D eigenvalue weighted by molar-refractivity contribution is -0.164. The molecule has 3 atom stereocenters. The number of hydrogen-bond donors (Lipinski definition) is 4. The molecule has 1 aromatic rings. The number of aliphatic hydroxyl groups excluding tert-OH is 2. The Hall–Kier alpha value is -2.42. The number of carbonyl (C=O) groups excluding carboxylic acids is 2. The highest BCUT2D eigenvalue weighted by atomic mass is 16.7. The van der Waals surface area contributed by atoms with Crippen molar-refractivity contribution >= 4 is 17.5 Å². The molecule has 2 rings (SSSR count). The monoisotopic (exact) mass is 422 g/mol. The van der Waals surface area contributed by atoms with Crippen molar-refractivity contribution in [2.24, 2.45) is 5.73 Å². The predicted molar refractivity (Wildman–Crippen MR) is 115 cm³/mol. The Morgan fingerprint density at radius 2 is 2.00 bits per heavy atom. The molecule has 0 bridgehead atoms. The first-order chi connectivity index (χ1) is 14.3. The number of anilines is 1. The van der Waals surface area contributed by atoms with Crippen LogP contribution in [0, 0.1) is 0 Å². The highest BCUT2D eigenvalue weighted by Gasteiger charge is 2.30. The molecule has 168 valence electrons. The topological polar surface area (TPSA) is 131 Å². The van der Waals surface area contributed by atoms with Crippen LogP contribution < -0.4 is 15.8 Å². The maximum atomic E-state index is 12.1. The minimum absolute atomic E-state index is 0.121. The Morgan fingerprint density at radius 3 is 2.60 bits per heavy atom. The first-order valence-corrected chi connectivity index (χ1v) is 10.1. The van der Waals surface area contributed by atoms with Crippen LogP contribution in [0.5, 0.6) is 5.75 Å². The number of ether oxygens (including phenoxy) is 2. The first kappa shape index (κ1) is 25.6. The number of aryl methyl sites for hydroxylation is 1. The summed E-state index contributed by atoms with van der Waals surface area (Å²) in [6.45, 7) is 7.67. The zero-order valence-electron chi connectivity index (χ0n) is 18.0. The molecule has 8 nitrogen and oxygen atoms in total. The molecular weight excluding hydrogens is 388 g/mol. The summed E-state index contributed by atoms with van der Waals surface area (Å²) in [6, 6.07) is 5.34. The number of carbonyl (C=O) groups is 2. The van der Waals surface area contributed by atoms with Crippen LogP contribution in [0.4, 0.5) is 5.69 Å². The summed E-state index contributed by atoms with van der Waals surface area (Å²) in [5.41, 5.74) is 7.42. The van der Waals surface area contributed by atoms with Gasteiger partial charge in [-0.3, -0.25) is 9.59 Å². The summed E-state index contributed by atoms with van der Waals surface area (Å²) >= 11 is 0. The normalized spacial score (nSPS) is 20.5. The molecule has 1 aliphatic heterocycles. The van der Waals surface area contributed by atoms with Gasteiger partial charge in [-0.15, -0.1) is 0 Å². The Labute approximate surface area is 178 Å². The number of primary amides is 1. The van der Waals surface area contributed by atoms with Crippen LogP contribution in [0.2, 0.25) is 0 Å². The summed E-state index contributed by atoms with van der Waals surface area (Å²) in [6.07, 6.45) is 1.15. The molecule has 1 fully saturated rings. The molecule has 5 N–H and O–H groups in total. The van der Waals surface area contributed by atoms with Crippen molar-refractivity contribution in [1.82, 2.24) is 0 Å². The molecule has 0 radical (unpaired) electrons. The highest BCUT2D eigenvalue weighted by Crippen LogP contribution is 2.31. The summed E-state index contributed by atoms with van der Waals surface area (Å²) in [5, 5.41) is 20.0. The van der Waals surface area contributed by atoms with Crippen LogP contribution >= 0.6 is 0 Å². The van der Waals surface area contributed by atoms with Crippen LogP contribution in [0.25, 0.3) is 0 Å². The van der Waals surface area contributed by atoms with Gasteiger partial charge >= 0.3 is 0 Å². The minimum Gasteiger partial charge on any atom is -0.463 e. The quantitative estimate of drug-likeness (QED) is 0.452. The van der Waals surface area contributed by atoms with Gasteiger partial charge in [0.15, 0.2) is 0 Å². The van der Waals surface area contributed by atoms with E-state index in [4.69, 9.17) is 20.3 Å². The number of benzene rings is 1. The highest BCUT2D eigenvalue weighted by molar-refractivity contribution is 5.92. The zero-order chi connectivity index (χ0) is 22.7. The third-order valence-corrected chi connectivity index (χ3v) is 4.53. The maximum Gasteiger partial charge on any atom is 0.224 e. The van der Waals surface area contributed by atoms with Gasteiger partial charge in [-0.1, -0.05) is 25.1 Å². The lowest BCUT2D eigenvalue weighted by Crippen LogP contribution is -2.39. The van der Waals surface area contributed by atoms with Gasteiger partial charge in [-0.2, -0.15) is 0 Å². The van der Waals surface area contributed by atoms with Gasteiger partial charge in [0.05, 0.1) is 17.9 Å². The number of amides is 2. The van der Waals surface area contributed by atoms with E-state index < -0.39 is 12.4 Å². The lowest BCUT2D eigenvalue weighted by Gasteiger charge is -2.33. The molecule has 0 aromatic heterocycles. The molecule has 1 aliphatic rings. The molecule has 0 saturated carbocycles. The average molecular weight is 423 g/mol. The Kier molecular flexibility index (Phi) is 11.1. The second-order valence-corrected chi connectivity index (χ2v) is 7.24. The smallest absolute Gasteiger partial charge is 0.224 e. The number of aliphatic hydroxyl groups is 2. The van der Waals surface area contributed by atoms with Gasteiger partial charge in [0.25, 0.3) is 0 Å². The van der Waals surface area contributed by atoms with E-state index in [-0.39, 0.29) is 24.3 Å². The third kappa shape index (κ3) is 8.52. The summed E-state index contributed by atoms with van der Waals surface area (Å²) < 4.78 is 11.9. The van der Waals surface area contributed by atoms with Crippen LogP contribution in [0.15, 0.2) is 30.4 Å². The van der Waals surface area contributed by atoms with E-state index in [0.29, 0.717) is 37.1 Å². The van der Waals surface area contributed by atoms with Crippen molar-refractivity contribution in [3.8, 4) is 5.75 Å². The third-order valence-electron chi connectivity index (χ3n) is 4.53. The summed E-state index contributed by atoms with van der Waals surface area (Å²) in [7, 11) is 1.00. The summed E-state index contributed by atoms with van der Waals surface area (Å²) in [5.74, 6) is -0.0528. The van der Waals surface area contributed by atoms with E-state index >= 15 is 0 Å². The fourth-order valence-electron chi connectivity index (χ4n) is 3.04. The number of hydrogen-bond acceptors (Lipinski definition) is 6. The standard InChI is InChI=1S/C21H30N2O5.CH4O/c1-4-5-20(26)23-16-10-14(7-9-19(22)25)6-8-17(16)27-21-12-15(24)11-18(28-21)13(2)3;1-2/h6,8,10,15,18,21,24H,2,4-5,7,9,11-12H2,1,3H3,(H2,22,25)(H,23,26);2H,1H3. The molecule has 3 unspecified atom stereocenters. The van der Waals surface area contributed by atoms with Gasteiger partial charge in [-0.05, 0) is 37.5 Å². The number of nitrogens with one attached hydrogen (secondary N) is 1. The average Bonchev–Trinajstić information content (AvgIpc) is 2.69. The van der Waals surface area contributed by atoms with Crippen molar-refractivity contribution in [2.75, 3.05) is 12.4 Å². The molecule has 30 heavy (non-hydrogen) atoms. The number of nitrogens with two attached hydrogens (primary N) is 1.